The topological polar surface area (TPSA) is 20.3 Å². The predicted molar refractivity (Wildman–Crippen MR) is 85.9 cm³/mol. The Kier molecular flexibility index (Phi) is 3.55. The summed E-state index contributed by atoms with van der Waals surface area (Å²) in [5, 5.41) is 2.25. The molecule has 0 spiro atoms. The minimum absolute atomic E-state index is 0.119. The maximum absolute atomic E-state index is 12.4. The van der Waals surface area contributed by atoms with Crippen LogP contribution in [-0.2, 0) is 0 Å². The van der Waals surface area contributed by atoms with E-state index >= 15 is 0 Å². The lowest BCUT2D eigenvalue weighted by Gasteiger charge is -2.17. The average molecular weight is 332 g/mol. The zero-order valence-corrected chi connectivity index (χ0v) is 13.4. The summed E-state index contributed by atoms with van der Waals surface area (Å²) in [7, 11) is 1.90. The van der Waals surface area contributed by atoms with E-state index in [1.807, 2.05) is 42.3 Å². The largest absolute Gasteiger partial charge is 0.341 e. The van der Waals surface area contributed by atoms with E-state index in [0.717, 1.165) is 33.3 Å². The summed E-state index contributed by atoms with van der Waals surface area (Å²) >= 11 is 3.47. The lowest BCUT2D eigenvalue weighted by Crippen LogP contribution is -2.29. The van der Waals surface area contributed by atoms with Crippen LogP contribution in [0.5, 0.6) is 0 Å². The van der Waals surface area contributed by atoms with Crippen LogP contribution in [0.3, 0.4) is 0 Å². The highest BCUT2D eigenvalue weighted by atomic mass is 79.9. The maximum atomic E-state index is 12.4. The van der Waals surface area contributed by atoms with Crippen molar-refractivity contribution in [1.82, 2.24) is 4.90 Å². The summed E-state index contributed by atoms with van der Waals surface area (Å²) in [6, 6.07) is 12.0. The van der Waals surface area contributed by atoms with Crippen molar-refractivity contribution >= 4 is 32.6 Å². The standard InChI is InChI=1S/C17H18BrNO/c1-11-7-15(11)10-19(2)17(20)14-4-3-13-9-16(18)6-5-12(13)8-14/h3-6,8-9,11,15H,7,10H2,1-2H3. The number of fused-ring (bicyclic) bond motifs is 1. The van der Waals surface area contributed by atoms with Gasteiger partial charge in [-0.2, -0.15) is 0 Å². The van der Waals surface area contributed by atoms with Crippen molar-refractivity contribution in [2.24, 2.45) is 11.8 Å². The van der Waals surface area contributed by atoms with Gasteiger partial charge in [0.05, 0.1) is 0 Å². The molecule has 2 nitrogen and oxygen atoms in total. The molecule has 2 atom stereocenters. The molecule has 1 fully saturated rings. The van der Waals surface area contributed by atoms with E-state index in [-0.39, 0.29) is 5.91 Å². The molecule has 3 heteroatoms. The first-order valence-electron chi connectivity index (χ1n) is 6.99. The lowest BCUT2D eigenvalue weighted by molar-refractivity contribution is 0.0787. The molecule has 1 amide bonds. The van der Waals surface area contributed by atoms with Gasteiger partial charge in [-0.1, -0.05) is 35.0 Å². The molecule has 0 saturated heterocycles. The molecule has 1 aliphatic rings. The monoisotopic (exact) mass is 331 g/mol. The number of benzene rings is 2. The maximum Gasteiger partial charge on any atom is 0.253 e. The van der Waals surface area contributed by atoms with Crippen molar-refractivity contribution in [1.29, 1.82) is 0 Å². The smallest absolute Gasteiger partial charge is 0.253 e. The van der Waals surface area contributed by atoms with Gasteiger partial charge in [-0.05, 0) is 53.3 Å². The van der Waals surface area contributed by atoms with Gasteiger partial charge in [0, 0.05) is 23.6 Å². The van der Waals surface area contributed by atoms with Crippen LogP contribution < -0.4 is 0 Å². The summed E-state index contributed by atoms with van der Waals surface area (Å²) in [5.74, 6) is 1.59. The number of halogens is 1. The molecular weight excluding hydrogens is 314 g/mol. The second kappa shape index (κ2) is 5.21. The minimum Gasteiger partial charge on any atom is -0.341 e. The van der Waals surface area contributed by atoms with Gasteiger partial charge in [0.2, 0.25) is 0 Å². The molecule has 2 aromatic carbocycles. The van der Waals surface area contributed by atoms with Gasteiger partial charge >= 0.3 is 0 Å². The van der Waals surface area contributed by atoms with Crippen LogP contribution in [0, 0.1) is 11.8 Å². The van der Waals surface area contributed by atoms with Gasteiger partial charge in [0.15, 0.2) is 0 Å². The third kappa shape index (κ3) is 2.73. The Morgan fingerprint density at radius 2 is 1.90 bits per heavy atom. The van der Waals surface area contributed by atoms with Gasteiger partial charge in [-0.3, -0.25) is 4.79 Å². The molecule has 20 heavy (non-hydrogen) atoms. The van der Waals surface area contributed by atoms with E-state index in [4.69, 9.17) is 0 Å². The van der Waals surface area contributed by atoms with Gasteiger partial charge in [0.1, 0.15) is 0 Å². The van der Waals surface area contributed by atoms with Crippen LogP contribution in [0.25, 0.3) is 10.8 Å². The first-order valence-corrected chi connectivity index (χ1v) is 7.78. The van der Waals surface area contributed by atoms with Crippen molar-refractivity contribution in [3.05, 3.63) is 46.4 Å². The fraction of sp³-hybridized carbons (Fsp3) is 0.353. The first-order chi connectivity index (χ1) is 9.54. The van der Waals surface area contributed by atoms with Gasteiger partial charge in [-0.15, -0.1) is 0 Å². The molecule has 1 saturated carbocycles. The summed E-state index contributed by atoms with van der Waals surface area (Å²) in [6.45, 7) is 3.12. The molecule has 1 aliphatic carbocycles. The second-order valence-electron chi connectivity index (χ2n) is 5.86. The second-order valence-corrected chi connectivity index (χ2v) is 6.78. The Labute approximate surface area is 127 Å². The van der Waals surface area contributed by atoms with E-state index < -0.39 is 0 Å². The molecule has 0 aliphatic heterocycles. The molecule has 0 heterocycles. The van der Waals surface area contributed by atoms with Gasteiger partial charge in [0.25, 0.3) is 5.91 Å². The SMILES string of the molecule is CC1CC1CN(C)C(=O)c1ccc2cc(Br)ccc2c1. The van der Waals surface area contributed by atoms with Crippen LogP contribution in [-0.4, -0.2) is 24.4 Å². The number of nitrogens with zero attached hydrogens (tertiary/aromatic N) is 1. The number of rotatable bonds is 3. The summed E-state index contributed by atoms with van der Waals surface area (Å²) < 4.78 is 1.06. The Hall–Kier alpha value is -1.35. The third-order valence-corrected chi connectivity index (χ3v) is 4.67. The Balaban J connectivity index is 1.82. The zero-order valence-electron chi connectivity index (χ0n) is 11.8. The van der Waals surface area contributed by atoms with Crippen molar-refractivity contribution in [3.8, 4) is 0 Å². The average Bonchev–Trinajstić information content (AvgIpc) is 3.12. The van der Waals surface area contributed by atoms with Crippen LogP contribution >= 0.6 is 15.9 Å². The van der Waals surface area contributed by atoms with Gasteiger partial charge in [-0.25, -0.2) is 0 Å². The van der Waals surface area contributed by atoms with E-state index in [2.05, 4.69) is 28.9 Å². The van der Waals surface area contributed by atoms with Gasteiger partial charge < -0.3 is 4.90 Å². The third-order valence-electron chi connectivity index (χ3n) is 4.18. The number of hydrogen-bond acceptors (Lipinski definition) is 1. The number of amides is 1. The Morgan fingerprint density at radius 3 is 2.60 bits per heavy atom. The summed E-state index contributed by atoms with van der Waals surface area (Å²) in [6.07, 6.45) is 1.25. The molecule has 0 bridgehead atoms. The van der Waals surface area contributed by atoms with Crippen molar-refractivity contribution < 1.29 is 4.79 Å². The van der Waals surface area contributed by atoms with Crippen LogP contribution in [0.1, 0.15) is 23.7 Å². The molecule has 104 valence electrons. The van der Waals surface area contributed by atoms with Crippen LogP contribution in [0.4, 0.5) is 0 Å². The molecule has 0 N–H and O–H groups in total. The molecule has 2 aromatic rings. The van der Waals surface area contributed by atoms with E-state index in [1.54, 1.807) is 0 Å². The molecule has 0 radical (unpaired) electrons. The van der Waals surface area contributed by atoms with E-state index in [0.29, 0.717) is 5.92 Å². The lowest BCUT2D eigenvalue weighted by atomic mass is 10.1. The Bertz CT molecular complexity index is 667. The Morgan fingerprint density at radius 1 is 1.25 bits per heavy atom. The fourth-order valence-electron chi connectivity index (χ4n) is 2.66. The summed E-state index contributed by atoms with van der Waals surface area (Å²) in [5.41, 5.74) is 0.774. The zero-order chi connectivity index (χ0) is 14.3. The normalized spacial score (nSPS) is 20.9. The predicted octanol–water partition coefficient (Wildman–Crippen LogP) is 4.33. The number of carbonyl (C=O) groups excluding carboxylic acids is 1. The first kappa shape index (κ1) is 13.6. The molecule has 2 unspecified atom stereocenters. The highest BCUT2D eigenvalue weighted by molar-refractivity contribution is 9.10. The van der Waals surface area contributed by atoms with Crippen molar-refractivity contribution in [2.45, 2.75) is 13.3 Å². The van der Waals surface area contributed by atoms with E-state index in [9.17, 15) is 4.79 Å². The number of hydrogen-bond donors (Lipinski definition) is 0. The number of carbonyl (C=O) groups is 1. The van der Waals surface area contributed by atoms with Crippen LogP contribution in [0.2, 0.25) is 0 Å². The molecule has 0 aromatic heterocycles. The van der Waals surface area contributed by atoms with Crippen molar-refractivity contribution in [3.63, 3.8) is 0 Å². The minimum atomic E-state index is 0.119. The van der Waals surface area contributed by atoms with E-state index in [1.165, 1.54) is 6.42 Å². The quantitative estimate of drug-likeness (QED) is 0.819. The fourth-order valence-corrected chi connectivity index (χ4v) is 3.04. The summed E-state index contributed by atoms with van der Waals surface area (Å²) in [4.78, 5) is 14.3. The molecular formula is C17H18BrNO. The highest BCUT2D eigenvalue weighted by Crippen LogP contribution is 2.38. The highest BCUT2D eigenvalue weighted by Gasteiger charge is 2.34. The van der Waals surface area contributed by atoms with Crippen LogP contribution in [0.15, 0.2) is 40.9 Å². The molecule has 3 rings (SSSR count). The van der Waals surface area contributed by atoms with Crippen molar-refractivity contribution in [2.75, 3.05) is 13.6 Å².